The zero-order valence-corrected chi connectivity index (χ0v) is 7.65. The van der Waals surface area contributed by atoms with Gasteiger partial charge in [-0.2, -0.15) is 0 Å². The van der Waals surface area contributed by atoms with Gasteiger partial charge < -0.3 is 10.4 Å². The maximum absolute atomic E-state index is 10.6. The zero-order chi connectivity index (χ0) is 10.6. The first-order chi connectivity index (χ1) is 6.59. The second kappa shape index (κ2) is 4.36. The zero-order valence-electron chi connectivity index (χ0n) is 7.65. The maximum atomic E-state index is 10.6. The number of carbonyl (C=O) groups is 2. The van der Waals surface area contributed by atoms with Crippen molar-refractivity contribution in [1.82, 2.24) is 10.3 Å². The molecule has 0 spiro atoms. The highest BCUT2D eigenvalue weighted by molar-refractivity contribution is 5.85. The van der Waals surface area contributed by atoms with Gasteiger partial charge in [0.2, 0.25) is 5.91 Å². The summed E-state index contributed by atoms with van der Waals surface area (Å²) in [5.41, 5.74) is 0.695. The van der Waals surface area contributed by atoms with Crippen LogP contribution < -0.4 is 5.32 Å². The highest BCUT2D eigenvalue weighted by Crippen LogP contribution is 2.01. The molecule has 0 bridgehead atoms. The van der Waals surface area contributed by atoms with Gasteiger partial charge in [0.05, 0.1) is 0 Å². The third kappa shape index (κ3) is 2.85. The molecular weight excluding hydrogens is 184 g/mol. The van der Waals surface area contributed by atoms with Crippen molar-refractivity contribution in [1.29, 1.82) is 0 Å². The van der Waals surface area contributed by atoms with Crippen LogP contribution in [0.1, 0.15) is 23.0 Å². The van der Waals surface area contributed by atoms with Crippen LogP contribution in [0, 0.1) is 0 Å². The van der Waals surface area contributed by atoms with E-state index in [9.17, 15) is 9.59 Å². The Labute approximate surface area is 80.8 Å². The minimum Gasteiger partial charge on any atom is -0.477 e. The molecule has 0 saturated carbocycles. The molecule has 0 unspecified atom stereocenters. The average molecular weight is 194 g/mol. The molecule has 1 aromatic rings. The number of pyridine rings is 1. The summed E-state index contributed by atoms with van der Waals surface area (Å²) in [6.07, 6.45) is 1.40. The number of amides is 1. The molecule has 0 atom stereocenters. The molecule has 14 heavy (non-hydrogen) atoms. The molecule has 5 nitrogen and oxygen atoms in total. The number of hydrogen-bond acceptors (Lipinski definition) is 3. The lowest BCUT2D eigenvalue weighted by Gasteiger charge is -2.02. The Morgan fingerprint density at radius 3 is 2.86 bits per heavy atom. The molecule has 5 heteroatoms. The van der Waals surface area contributed by atoms with E-state index in [1.165, 1.54) is 19.2 Å². The average Bonchev–Trinajstić information content (AvgIpc) is 2.15. The molecule has 1 aromatic heterocycles. The predicted octanol–water partition coefficient (Wildman–Crippen LogP) is 0.416. The Morgan fingerprint density at radius 2 is 2.29 bits per heavy atom. The smallest absolute Gasteiger partial charge is 0.354 e. The van der Waals surface area contributed by atoms with Gasteiger partial charge in [0.1, 0.15) is 5.69 Å². The number of carboxylic acid groups (broad SMARTS) is 1. The van der Waals surface area contributed by atoms with Gasteiger partial charge >= 0.3 is 5.97 Å². The van der Waals surface area contributed by atoms with Crippen molar-refractivity contribution in [3.63, 3.8) is 0 Å². The largest absolute Gasteiger partial charge is 0.477 e. The van der Waals surface area contributed by atoms with Crippen LogP contribution >= 0.6 is 0 Å². The van der Waals surface area contributed by atoms with Gasteiger partial charge in [0.25, 0.3) is 0 Å². The molecule has 74 valence electrons. The van der Waals surface area contributed by atoms with Crippen LogP contribution in [0.5, 0.6) is 0 Å². The quantitative estimate of drug-likeness (QED) is 0.730. The Morgan fingerprint density at radius 1 is 1.57 bits per heavy atom. The van der Waals surface area contributed by atoms with Crippen LogP contribution in [0.15, 0.2) is 18.3 Å². The number of nitrogens with zero attached hydrogens (tertiary/aromatic N) is 1. The van der Waals surface area contributed by atoms with E-state index in [1.54, 1.807) is 6.07 Å². The first-order valence-corrected chi connectivity index (χ1v) is 4.02. The van der Waals surface area contributed by atoms with E-state index in [4.69, 9.17) is 5.11 Å². The van der Waals surface area contributed by atoms with Crippen LogP contribution in [0.3, 0.4) is 0 Å². The summed E-state index contributed by atoms with van der Waals surface area (Å²) >= 11 is 0. The fourth-order valence-corrected chi connectivity index (χ4v) is 0.928. The lowest BCUT2D eigenvalue weighted by atomic mass is 10.2. The number of hydrogen-bond donors (Lipinski definition) is 2. The molecular formula is C9H10N2O3. The number of carbonyl (C=O) groups excluding carboxylic acids is 1. The van der Waals surface area contributed by atoms with Crippen LogP contribution in [0.25, 0.3) is 0 Å². The third-order valence-electron chi connectivity index (χ3n) is 1.58. The van der Waals surface area contributed by atoms with Gasteiger partial charge in [0.15, 0.2) is 0 Å². The first-order valence-electron chi connectivity index (χ1n) is 4.02. The van der Waals surface area contributed by atoms with Crippen molar-refractivity contribution >= 4 is 11.9 Å². The number of aromatic carboxylic acids is 1. The molecule has 1 rings (SSSR count). The van der Waals surface area contributed by atoms with Crippen LogP contribution in [-0.2, 0) is 11.3 Å². The topological polar surface area (TPSA) is 79.3 Å². The van der Waals surface area contributed by atoms with Gasteiger partial charge in [-0.05, 0) is 17.7 Å². The summed E-state index contributed by atoms with van der Waals surface area (Å²) in [6.45, 7) is 1.72. The molecule has 1 heterocycles. The summed E-state index contributed by atoms with van der Waals surface area (Å²) in [5, 5.41) is 11.2. The van der Waals surface area contributed by atoms with Crippen LogP contribution in [0.4, 0.5) is 0 Å². The summed E-state index contributed by atoms with van der Waals surface area (Å²) in [7, 11) is 0. The molecule has 0 aliphatic heterocycles. The molecule has 0 aliphatic rings. The van der Waals surface area contributed by atoms with Crippen LogP contribution in [0.2, 0.25) is 0 Å². The standard InChI is InChI=1S/C9H10N2O3/c1-6(12)11-5-7-2-3-10-8(4-7)9(13)14/h2-4H,5H2,1H3,(H,11,12)(H,13,14). The molecule has 0 radical (unpaired) electrons. The molecule has 2 N–H and O–H groups in total. The Bertz CT molecular complexity index is 363. The highest BCUT2D eigenvalue weighted by Gasteiger charge is 2.04. The summed E-state index contributed by atoms with van der Waals surface area (Å²) in [4.78, 5) is 24.8. The molecule has 0 aliphatic carbocycles. The second-order valence-electron chi connectivity index (χ2n) is 2.76. The van der Waals surface area contributed by atoms with Gasteiger partial charge in [-0.25, -0.2) is 9.78 Å². The minimum absolute atomic E-state index is 0.0205. The third-order valence-corrected chi connectivity index (χ3v) is 1.58. The van der Waals surface area contributed by atoms with Crippen molar-refractivity contribution in [3.8, 4) is 0 Å². The SMILES string of the molecule is CC(=O)NCc1ccnc(C(=O)O)c1. The van der Waals surface area contributed by atoms with E-state index in [1.807, 2.05) is 0 Å². The van der Waals surface area contributed by atoms with Crippen LogP contribution in [-0.4, -0.2) is 22.0 Å². The summed E-state index contributed by atoms with van der Waals surface area (Å²) in [5.74, 6) is -1.23. The van der Waals surface area contributed by atoms with E-state index < -0.39 is 5.97 Å². The second-order valence-corrected chi connectivity index (χ2v) is 2.76. The van der Waals surface area contributed by atoms with Crippen molar-refractivity contribution in [3.05, 3.63) is 29.6 Å². The van der Waals surface area contributed by atoms with Gasteiger partial charge in [0, 0.05) is 19.7 Å². The van der Waals surface area contributed by atoms with Gasteiger partial charge in [-0.3, -0.25) is 4.79 Å². The Kier molecular flexibility index (Phi) is 3.17. The highest BCUT2D eigenvalue weighted by atomic mass is 16.4. The van der Waals surface area contributed by atoms with Crippen molar-refractivity contribution in [2.75, 3.05) is 0 Å². The molecule has 0 aromatic carbocycles. The Hall–Kier alpha value is -1.91. The number of carboxylic acids is 1. The molecule has 0 saturated heterocycles. The maximum Gasteiger partial charge on any atom is 0.354 e. The van der Waals surface area contributed by atoms with Gasteiger partial charge in [-0.15, -0.1) is 0 Å². The fourth-order valence-electron chi connectivity index (χ4n) is 0.928. The van der Waals surface area contributed by atoms with E-state index in [0.717, 1.165) is 0 Å². The minimum atomic E-state index is -1.07. The van der Waals surface area contributed by atoms with Crippen molar-refractivity contribution in [2.45, 2.75) is 13.5 Å². The van der Waals surface area contributed by atoms with Crippen molar-refractivity contribution in [2.24, 2.45) is 0 Å². The number of rotatable bonds is 3. The van der Waals surface area contributed by atoms with E-state index in [2.05, 4.69) is 10.3 Å². The number of aromatic nitrogens is 1. The van der Waals surface area contributed by atoms with E-state index >= 15 is 0 Å². The lowest BCUT2D eigenvalue weighted by Crippen LogP contribution is -2.19. The summed E-state index contributed by atoms with van der Waals surface area (Å²) < 4.78 is 0. The summed E-state index contributed by atoms with van der Waals surface area (Å²) in [6, 6.07) is 3.08. The monoisotopic (exact) mass is 194 g/mol. The molecule has 1 amide bonds. The van der Waals surface area contributed by atoms with E-state index in [-0.39, 0.29) is 11.6 Å². The number of nitrogens with one attached hydrogen (secondary N) is 1. The fraction of sp³-hybridized carbons (Fsp3) is 0.222. The lowest BCUT2D eigenvalue weighted by molar-refractivity contribution is -0.119. The first kappa shape index (κ1) is 10.2. The van der Waals surface area contributed by atoms with E-state index in [0.29, 0.717) is 12.1 Å². The molecule has 0 fully saturated rings. The Balaban J connectivity index is 2.73. The van der Waals surface area contributed by atoms with Gasteiger partial charge in [-0.1, -0.05) is 0 Å². The normalized spacial score (nSPS) is 9.50. The van der Waals surface area contributed by atoms with Crippen molar-refractivity contribution < 1.29 is 14.7 Å². The predicted molar refractivity (Wildman–Crippen MR) is 48.7 cm³/mol.